The van der Waals surface area contributed by atoms with Gasteiger partial charge in [0, 0.05) is 11.0 Å². The summed E-state index contributed by atoms with van der Waals surface area (Å²) in [6, 6.07) is 10.2. The van der Waals surface area contributed by atoms with Gasteiger partial charge in [-0.1, -0.05) is 30.3 Å². The van der Waals surface area contributed by atoms with Crippen molar-refractivity contribution in [3.8, 4) is 0 Å². The summed E-state index contributed by atoms with van der Waals surface area (Å²) in [7, 11) is 0. The van der Waals surface area contributed by atoms with Crippen molar-refractivity contribution in [3.63, 3.8) is 0 Å². The highest BCUT2D eigenvalue weighted by molar-refractivity contribution is 5.16. The molecule has 0 bridgehead atoms. The zero-order valence-corrected chi connectivity index (χ0v) is 10.4. The molecular formula is C15H18O3. The summed E-state index contributed by atoms with van der Waals surface area (Å²) in [6.07, 6.45) is 4.30. The van der Waals surface area contributed by atoms with Crippen molar-refractivity contribution >= 4 is 0 Å². The highest BCUT2D eigenvalue weighted by Gasteiger charge is 2.52. The van der Waals surface area contributed by atoms with E-state index >= 15 is 0 Å². The second-order valence-corrected chi connectivity index (χ2v) is 5.82. The van der Waals surface area contributed by atoms with Gasteiger partial charge in [0.25, 0.3) is 0 Å². The van der Waals surface area contributed by atoms with E-state index in [1.807, 2.05) is 18.2 Å². The van der Waals surface area contributed by atoms with Gasteiger partial charge in [-0.3, -0.25) is 0 Å². The fourth-order valence-corrected chi connectivity index (χ4v) is 3.25. The highest BCUT2D eigenvalue weighted by atomic mass is 16.7. The Kier molecular flexibility index (Phi) is 2.47. The van der Waals surface area contributed by atoms with E-state index in [2.05, 4.69) is 12.1 Å². The fraction of sp³-hybridized carbons (Fsp3) is 0.600. The van der Waals surface area contributed by atoms with Gasteiger partial charge in [-0.05, 0) is 19.3 Å². The van der Waals surface area contributed by atoms with Crippen molar-refractivity contribution in [1.29, 1.82) is 0 Å². The van der Waals surface area contributed by atoms with Gasteiger partial charge >= 0.3 is 0 Å². The Hall–Kier alpha value is -0.900. The average molecular weight is 246 g/mol. The number of epoxide rings is 1. The quantitative estimate of drug-likeness (QED) is 0.714. The van der Waals surface area contributed by atoms with Gasteiger partial charge in [-0.25, -0.2) is 0 Å². The lowest BCUT2D eigenvalue weighted by Crippen LogP contribution is -2.42. The highest BCUT2D eigenvalue weighted by Crippen LogP contribution is 2.49. The Labute approximate surface area is 107 Å². The van der Waals surface area contributed by atoms with E-state index in [9.17, 15) is 0 Å². The minimum atomic E-state index is -0.185. The first-order valence-electron chi connectivity index (χ1n) is 6.78. The number of hydrogen-bond acceptors (Lipinski definition) is 3. The lowest BCUT2D eigenvalue weighted by atomic mass is 9.75. The van der Waals surface area contributed by atoms with E-state index in [0.29, 0.717) is 12.2 Å². The predicted molar refractivity (Wildman–Crippen MR) is 66.0 cm³/mol. The maximum atomic E-state index is 5.95. The molecule has 4 rings (SSSR count). The van der Waals surface area contributed by atoms with Crippen LogP contribution in [-0.2, 0) is 14.2 Å². The summed E-state index contributed by atoms with van der Waals surface area (Å²) < 4.78 is 17.5. The van der Waals surface area contributed by atoms with E-state index in [4.69, 9.17) is 14.2 Å². The van der Waals surface area contributed by atoms with Crippen molar-refractivity contribution in [2.24, 2.45) is 5.41 Å². The number of fused-ring (bicyclic) bond motifs is 1. The number of ether oxygens (including phenoxy) is 3. The van der Waals surface area contributed by atoms with Crippen LogP contribution < -0.4 is 0 Å². The Morgan fingerprint density at radius 1 is 1.00 bits per heavy atom. The molecule has 1 aliphatic carbocycles. The number of benzene rings is 1. The molecule has 0 aromatic heterocycles. The second-order valence-electron chi connectivity index (χ2n) is 5.82. The molecule has 0 radical (unpaired) electrons. The van der Waals surface area contributed by atoms with Gasteiger partial charge in [-0.15, -0.1) is 0 Å². The summed E-state index contributed by atoms with van der Waals surface area (Å²) in [5, 5.41) is 0. The lowest BCUT2D eigenvalue weighted by Gasteiger charge is -2.41. The monoisotopic (exact) mass is 246 g/mol. The van der Waals surface area contributed by atoms with Gasteiger partial charge in [0.2, 0.25) is 0 Å². The molecular weight excluding hydrogens is 228 g/mol. The zero-order chi connectivity index (χ0) is 12.0. The van der Waals surface area contributed by atoms with E-state index in [0.717, 1.165) is 25.2 Å². The third-order valence-corrected chi connectivity index (χ3v) is 4.43. The molecule has 1 aromatic rings. The van der Waals surface area contributed by atoms with Crippen molar-refractivity contribution in [3.05, 3.63) is 35.9 Å². The summed E-state index contributed by atoms with van der Waals surface area (Å²) >= 11 is 0. The summed E-state index contributed by atoms with van der Waals surface area (Å²) in [5.74, 6) is 0. The summed E-state index contributed by atoms with van der Waals surface area (Å²) in [6.45, 7) is 1.61. The molecule has 2 heterocycles. The topological polar surface area (TPSA) is 31.0 Å². The minimum absolute atomic E-state index is 0.185. The lowest BCUT2D eigenvalue weighted by molar-refractivity contribution is -0.239. The molecule has 2 saturated heterocycles. The van der Waals surface area contributed by atoms with Crippen molar-refractivity contribution < 1.29 is 14.2 Å². The van der Waals surface area contributed by atoms with Crippen LogP contribution >= 0.6 is 0 Å². The first-order chi connectivity index (χ1) is 8.85. The predicted octanol–water partition coefficient (Wildman–Crippen LogP) is 2.67. The number of rotatable bonds is 1. The van der Waals surface area contributed by atoms with E-state index in [-0.39, 0.29) is 11.7 Å². The van der Waals surface area contributed by atoms with Crippen LogP contribution in [0.4, 0.5) is 0 Å². The van der Waals surface area contributed by atoms with Crippen molar-refractivity contribution in [2.45, 2.75) is 37.8 Å². The first-order valence-corrected chi connectivity index (χ1v) is 6.78. The maximum Gasteiger partial charge on any atom is 0.183 e. The van der Waals surface area contributed by atoms with Gasteiger partial charge in [0.15, 0.2) is 6.29 Å². The molecule has 1 aromatic carbocycles. The molecule has 3 aliphatic rings. The molecule has 0 amide bonds. The van der Waals surface area contributed by atoms with Crippen LogP contribution in [0.25, 0.3) is 0 Å². The average Bonchev–Trinajstić information content (AvgIpc) is 3.19. The molecule has 2 atom stereocenters. The Bertz CT molecular complexity index is 423. The maximum absolute atomic E-state index is 5.95. The third kappa shape index (κ3) is 1.87. The molecule has 3 fully saturated rings. The molecule has 1 saturated carbocycles. The zero-order valence-electron chi connectivity index (χ0n) is 10.4. The van der Waals surface area contributed by atoms with Gasteiger partial charge in [-0.2, -0.15) is 0 Å². The molecule has 96 valence electrons. The largest absolute Gasteiger partial charge is 0.370 e. The van der Waals surface area contributed by atoms with Crippen LogP contribution in [-0.4, -0.2) is 25.4 Å². The van der Waals surface area contributed by atoms with Crippen LogP contribution in [0.15, 0.2) is 30.3 Å². The van der Waals surface area contributed by atoms with E-state index < -0.39 is 0 Å². The van der Waals surface area contributed by atoms with Gasteiger partial charge in [0.1, 0.15) is 0 Å². The van der Waals surface area contributed by atoms with Crippen LogP contribution in [0.5, 0.6) is 0 Å². The molecule has 18 heavy (non-hydrogen) atoms. The Balaban J connectivity index is 1.43. The van der Waals surface area contributed by atoms with E-state index in [1.54, 1.807) is 0 Å². The standard InChI is InChI=1S/C15H18O3/c1-2-4-11(5-3-1)14-16-9-15(10-17-14)7-6-12-13(8-15)18-12/h1-5,12-14H,6-10H2/t12-,13-,14?,15?/m0/s1. The number of hydrogen-bond donors (Lipinski definition) is 0. The van der Waals surface area contributed by atoms with E-state index in [1.165, 1.54) is 12.8 Å². The first kappa shape index (κ1) is 11.0. The van der Waals surface area contributed by atoms with Gasteiger partial charge in [0.05, 0.1) is 25.4 Å². The van der Waals surface area contributed by atoms with Crippen molar-refractivity contribution in [2.75, 3.05) is 13.2 Å². The summed E-state index contributed by atoms with van der Waals surface area (Å²) in [5.41, 5.74) is 1.33. The molecule has 3 heteroatoms. The molecule has 2 aliphatic heterocycles. The summed E-state index contributed by atoms with van der Waals surface area (Å²) in [4.78, 5) is 0. The molecule has 1 spiro atoms. The van der Waals surface area contributed by atoms with Crippen LogP contribution in [0.3, 0.4) is 0 Å². The van der Waals surface area contributed by atoms with Gasteiger partial charge < -0.3 is 14.2 Å². The van der Waals surface area contributed by atoms with Crippen LogP contribution in [0.1, 0.15) is 31.1 Å². The van der Waals surface area contributed by atoms with Crippen molar-refractivity contribution in [1.82, 2.24) is 0 Å². The Morgan fingerprint density at radius 3 is 2.50 bits per heavy atom. The molecule has 3 nitrogen and oxygen atoms in total. The third-order valence-electron chi connectivity index (χ3n) is 4.43. The second kappa shape index (κ2) is 4.05. The molecule has 0 N–H and O–H groups in total. The SMILES string of the molecule is c1ccc(C2OCC3(CC[C@@H]4O[C@H]4C3)CO2)cc1. The minimum Gasteiger partial charge on any atom is -0.370 e. The molecule has 0 unspecified atom stereocenters. The smallest absolute Gasteiger partial charge is 0.183 e. The normalized spacial score (nSPS) is 42.6. The van der Waals surface area contributed by atoms with Crippen LogP contribution in [0, 0.1) is 5.41 Å². The van der Waals surface area contributed by atoms with Crippen LogP contribution in [0.2, 0.25) is 0 Å². The Morgan fingerprint density at radius 2 is 1.78 bits per heavy atom. The fourth-order valence-electron chi connectivity index (χ4n) is 3.25.